The third kappa shape index (κ3) is 3.08. The Morgan fingerprint density at radius 1 is 1.48 bits per heavy atom. The first-order chi connectivity index (χ1) is 10.0. The molecule has 1 aromatic heterocycles. The second-order valence-corrected chi connectivity index (χ2v) is 6.08. The molecule has 2 fully saturated rings. The molecule has 0 N–H and O–H groups in total. The van der Waals surface area contributed by atoms with E-state index in [1.54, 1.807) is 6.92 Å². The molecule has 3 heterocycles. The monoisotopic (exact) mass is 294 g/mol. The lowest BCUT2D eigenvalue weighted by Gasteiger charge is -2.24. The summed E-state index contributed by atoms with van der Waals surface area (Å²) in [4.78, 5) is 20.5. The normalized spacial score (nSPS) is 30.3. The van der Waals surface area contributed by atoms with Crippen molar-refractivity contribution in [3.8, 4) is 0 Å². The summed E-state index contributed by atoms with van der Waals surface area (Å²) < 4.78 is 10.3. The molecule has 3 rings (SSSR count). The van der Waals surface area contributed by atoms with Crippen LogP contribution in [0, 0.1) is 6.92 Å². The largest absolute Gasteiger partial charge is 0.461 e. The Hall–Kier alpha value is -1.47. The molecular weight excluding hydrogens is 272 g/mol. The van der Waals surface area contributed by atoms with E-state index in [4.69, 9.17) is 9.26 Å². The average Bonchev–Trinajstić information content (AvgIpc) is 3.10. The van der Waals surface area contributed by atoms with Gasteiger partial charge in [0.25, 0.3) is 0 Å². The summed E-state index contributed by atoms with van der Waals surface area (Å²) in [5, 5.41) is 3.93. The van der Waals surface area contributed by atoms with E-state index in [0.29, 0.717) is 24.3 Å². The van der Waals surface area contributed by atoms with Crippen LogP contribution in [-0.4, -0.2) is 64.2 Å². The number of nitrogens with zero attached hydrogens (tertiary/aromatic N) is 4. The van der Waals surface area contributed by atoms with E-state index in [-0.39, 0.29) is 18.1 Å². The summed E-state index contributed by atoms with van der Waals surface area (Å²) >= 11 is 0. The van der Waals surface area contributed by atoms with E-state index >= 15 is 0 Å². The van der Waals surface area contributed by atoms with Crippen molar-refractivity contribution < 1.29 is 14.1 Å². The highest BCUT2D eigenvalue weighted by atomic mass is 16.6. The van der Waals surface area contributed by atoms with Crippen LogP contribution >= 0.6 is 0 Å². The molecule has 116 valence electrons. The van der Waals surface area contributed by atoms with Crippen LogP contribution in [0.5, 0.6) is 0 Å². The Bertz CT molecular complexity index is 518. The predicted molar refractivity (Wildman–Crippen MR) is 74.4 cm³/mol. The molecule has 0 spiro atoms. The van der Waals surface area contributed by atoms with Gasteiger partial charge in [0, 0.05) is 32.5 Å². The van der Waals surface area contributed by atoms with Crippen molar-refractivity contribution in [2.75, 3.05) is 20.1 Å². The lowest BCUT2D eigenvalue weighted by atomic mass is 10.1. The molecule has 0 aliphatic carbocycles. The minimum atomic E-state index is -0.0698. The number of carbonyl (C=O) groups is 1. The van der Waals surface area contributed by atoms with Crippen molar-refractivity contribution in [3.05, 3.63) is 11.7 Å². The Kier molecular flexibility index (Phi) is 3.95. The summed E-state index contributed by atoms with van der Waals surface area (Å²) in [7, 11) is 2.06. The van der Waals surface area contributed by atoms with Crippen molar-refractivity contribution in [3.63, 3.8) is 0 Å². The molecule has 3 atom stereocenters. The smallest absolute Gasteiger partial charge is 0.323 e. The van der Waals surface area contributed by atoms with Crippen molar-refractivity contribution in [2.45, 2.75) is 51.4 Å². The topological polar surface area (TPSA) is 71.7 Å². The number of aryl methyl sites for hydroxylation is 1. The molecule has 2 aliphatic rings. The number of cyclic esters (lactones) is 1. The summed E-state index contributed by atoms with van der Waals surface area (Å²) in [6.07, 6.45) is 1.90. The van der Waals surface area contributed by atoms with Crippen LogP contribution in [0.4, 0.5) is 0 Å². The molecule has 2 aliphatic heterocycles. The Labute approximate surface area is 124 Å². The number of esters is 1. The molecule has 7 heteroatoms. The van der Waals surface area contributed by atoms with Gasteiger partial charge < -0.3 is 9.26 Å². The minimum Gasteiger partial charge on any atom is -0.461 e. The number of likely N-dealkylation sites (N-methyl/N-ethyl adjacent to an activating group) is 1. The maximum atomic E-state index is 11.8. The van der Waals surface area contributed by atoms with Crippen molar-refractivity contribution in [1.29, 1.82) is 0 Å². The van der Waals surface area contributed by atoms with Gasteiger partial charge in [-0.2, -0.15) is 4.98 Å². The van der Waals surface area contributed by atoms with E-state index in [1.165, 1.54) is 0 Å². The molecule has 0 amide bonds. The maximum absolute atomic E-state index is 11.8. The first-order valence-electron chi connectivity index (χ1n) is 7.47. The first-order valence-corrected chi connectivity index (χ1v) is 7.47. The molecule has 0 unspecified atom stereocenters. The van der Waals surface area contributed by atoms with Gasteiger partial charge in [-0.3, -0.25) is 14.6 Å². The van der Waals surface area contributed by atoms with Crippen LogP contribution in [-0.2, 0) is 16.1 Å². The summed E-state index contributed by atoms with van der Waals surface area (Å²) in [6, 6.07) is 0.346. The highest BCUT2D eigenvalue weighted by Crippen LogP contribution is 2.25. The fourth-order valence-corrected chi connectivity index (χ4v) is 3.20. The lowest BCUT2D eigenvalue weighted by molar-refractivity contribution is -0.144. The summed E-state index contributed by atoms with van der Waals surface area (Å²) in [5.41, 5.74) is 0. The zero-order valence-corrected chi connectivity index (χ0v) is 12.8. The highest BCUT2D eigenvalue weighted by molar-refractivity contribution is 5.78. The van der Waals surface area contributed by atoms with E-state index in [9.17, 15) is 4.79 Å². The number of aromatic nitrogens is 2. The first kappa shape index (κ1) is 14.5. The van der Waals surface area contributed by atoms with Gasteiger partial charge in [0.1, 0.15) is 12.1 Å². The van der Waals surface area contributed by atoms with Crippen LogP contribution in [0.3, 0.4) is 0 Å². The van der Waals surface area contributed by atoms with Gasteiger partial charge in [0.2, 0.25) is 5.89 Å². The Balaban J connectivity index is 1.55. The SMILES string of the molecule is Cc1nc(CN(C)[C@@H]2CCN([C@@H]3C[C@@H](C)OC3=O)C2)no1. The number of ether oxygens (including phenoxy) is 1. The van der Waals surface area contributed by atoms with Gasteiger partial charge in [0.15, 0.2) is 5.82 Å². The molecule has 21 heavy (non-hydrogen) atoms. The fraction of sp³-hybridized carbons (Fsp3) is 0.786. The van der Waals surface area contributed by atoms with Gasteiger partial charge in [0.05, 0.1) is 6.54 Å². The van der Waals surface area contributed by atoms with Crippen molar-refractivity contribution in [1.82, 2.24) is 19.9 Å². The zero-order valence-electron chi connectivity index (χ0n) is 12.8. The highest BCUT2D eigenvalue weighted by Gasteiger charge is 2.40. The van der Waals surface area contributed by atoms with E-state index in [1.807, 2.05) is 6.92 Å². The minimum absolute atomic E-state index is 0.0431. The molecular formula is C14H22N4O3. The summed E-state index contributed by atoms with van der Waals surface area (Å²) in [5.74, 6) is 1.23. The Morgan fingerprint density at radius 2 is 2.29 bits per heavy atom. The van der Waals surface area contributed by atoms with Crippen LogP contribution in [0.2, 0.25) is 0 Å². The molecule has 0 radical (unpaired) electrons. The van der Waals surface area contributed by atoms with E-state index < -0.39 is 0 Å². The third-order valence-corrected chi connectivity index (χ3v) is 4.36. The lowest BCUT2D eigenvalue weighted by Crippen LogP contribution is -2.40. The number of likely N-dealkylation sites (tertiary alicyclic amines) is 1. The van der Waals surface area contributed by atoms with Crippen molar-refractivity contribution in [2.24, 2.45) is 0 Å². The van der Waals surface area contributed by atoms with E-state index in [2.05, 4.69) is 27.0 Å². The number of hydrogen-bond acceptors (Lipinski definition) is 7. The molecule has 0 aromatic carbocycles. The molecule has 7 nitrogen and oxygen atoms in total. The van der Waals surface area contributed by atoms with Gasteiger partial charge in [-0.05, 0) is 20.4 Å². The molecule has 0 bridgehead atoms. The quantitative estimate of drug-likeness (QED) is 0.752. The Morgan fingerprint density at radius 3 is 2.90 bits per heavy atom. The molecule has 0 saturated carbocycles. The number of hydrogen-bond donors (Lipinski definition) is 0. The fourth-order valence-electron chi connectivity index (χ4n) is 3.20. The molecule has 2 saturated heterocycles. The van der Waals surface area contributed by atoms with Crippen LogP contribution in [0.1, 0.15) is 31.5 Å². The van der Waals surface area contributed by atoms with E-state index in [0.717, 1.165) is 25.9 Å². The van der Waals surface area contributed by atoms with Crippen LogP contribution in [0.25, 0.3) is 0 Å². The molecule has 1 aromatic rings. The van der Waals surface area contributed by atoms with Gasteiger partial charge in [-0.15, -0.1) is 0 Å². The number of rotatable bonds is 4. The van der Waals surface area contributed by atoms with Gasteiger partial charge in [-0.25, -0.2) is 0 Å². The zero-order chi connectivity index (χ0) is 15.0. The standard InChI is InChI=1S/C14H22N4O3/c1-9-6-12(14(19)20-9)18-5-4-11(7-18)17(3)8-13-15-10(2)21-16-13/h9,11-12H,4-8H2,1-3H3/t9-,11-,12-/m1/s1. The third-order valence-electron chi connectivity index (χ3n) is 4.36. The summed E-state index contributed by atoms with van der Waals surface area (Å²) in [6.45, 7) is 6.24. The van der Waals surface area contributed by atoms with Crippen LogP contribution < -0.4 is 0 Å². The van der Waals surface area contributed by atoms with Gasteiger partial charge in [-0.1, -0.05) is 5.16 Å². The average molecular weight is 294 g/mol. The second-order valence-electron chi connectivity index (χ2n) is 6.08. The predicted octanol–water partition coefficient (Wildman–Crippen LogP) is 0.588. The van der Waals surface area contributed by atoms with Crippen molar-refractivity contribution >= 4 is 5.97 Å². The maximum Gasteiger partial charge on any atom is 0.323 e. The second kappa shape index (κ2) is 5.73. The van der Waals surface area contributed by atoms with Gasteiger partial charge >= 0.3 is 5.97 Å². The van der Waals surface area contributed by atoms with Crippen LogP contribution in [0.15, 0.2) is 4.52 Å². The number of carbonyl (C=O) groups excluding carboxylic acids is 1.